The van der Waals surface area contributed by atoms with Crippen molar-refractivity contribution < 1.29 is 0 Å². The van der Waals surface area contributed by atoms with Crippen molar-refractivity contribution in [1.82, 2.24) is 28.5 Å². The summed E-state index contributed by atoms with van der Waals surface area (Å²) in [5.41, 5.74) is 10.8. The van der Waals surface area contributed by atoms with E-state index in [1.165, 1.54) is 32.6 Å². The molecular weight excluding hydrogens is 576 g/mol. The average Bonchev–Trinajstić information content (AvgIpc) is 3.79. The zero-order chi connectivity index (χ0) is 30.6. The Kier molecular flexibility index (Phi) is 4.75. The number of fused-ring (bicyclic) bond motifs is 15. The number of hydrogen-bond donors (Lipinski definition) is 0. The van der Waals surface area contributed by atoms with Crippen LogP contribution in [0, 0.1) is 0 Å². The number of benzene rings is 5. The van der Waals surface area contributed by atoms with Crippen LogP contribution in [0.5, 0.6) is 0 Å². The third-order valence-electron chi connectivity index (χ3n) is 9.76. The highest BCUT2D eigenvalue weighted by molar-refractivity contribution is 6.29. The van der Waals surface area contributed by atoms with Gasteiger partial charge in [0.05, 0.1) is 39.3 Å². The first kappa shape index (κ1) is 24.8. The minimum atomic E-state index is 0.873. The Bertz CT molecular complexity index is 3060. The molecule has 0 saturated carbocycles. The third kappa shape index (κ3) is 3.21. The fourth-order valence-corrected chi connectivity index (χ4v) is 7.86. The van der Waals surface area contributed by atoms with Crippen LogP contribution in [-0.4, -0.2) is 28.5 Å². The maximum atomic E-state index is 5.14. The van der Waals surface area contributed by atoms with Gasteiger partial charge in [0.15, 0.2) is 0 Å². The van der Waals surface area contributed by atoms with Crippen LogP contribution in [0.1, 0.15) is 0 Å². The lowest BCUT2D eigenvalue weighted by atomic mass is 10.0. The quantitative estimate of drug-likeness (QED) is 0.186. The molecule has 0 unspecified atom stereocenters. The molecule has 0 radical (unpaired) electrons. The SMILES string of the molecule is c1ccc(-n2c3ccccc3c3cc4c5ccc6c(c7cnccc7n7c8ccncc8nc67)c5n(-c5ccccc5)c4cc32)cc1. The molecule has 0 N–H and O–H groups in total. The topological polar surface area (TPSA) is 52.9 Å². The fraction of sp³-hybridized carbons (Fsp3) is 0. The van der Waals surface area contributed by atoms with E-state index < -0.39 is 0 Å². The Morgan fingerprint density at radius 2 is 1.09 bits per heavy atom. The number of rotatable bonds is 2. The first-order chi connectivity index (χ1) is 23.3. The van der Waals surface area contributed by atoms with Gasteiger partial charge in [-0.2, -0.15) is 0 Å². The van der Waals surface area contributed by atoms with Crippen molar-refractivity contribution in [3.8, 4) is 11.4 Å². The predicted molar refractivity (Wildman–Crippen MR) is 192 cm³/mol. The van der Waals surface area contributed by atoms with E-state index in [4.69, 9.17) is 4.98 Å². The maximum absolute atomic E-state index is 5.14. The van der Waals surface area contributed by atoms with Crippen molar-refractivity contribution >= 4 is 82.0 Å². The predicted octanol–water partition coefficient (Wildman–Crippen LogP) is 9.78. The normalized spacial score (nSPS) is 12.3. The van der Waals surface area contributed by atoms with E-state index in [1.807, 2.05) is 30.9 Å². The highest BCUT2D eigenvalue weighted by atomic mass is 15.0. The molecule has 6 heterocycles. The molecule has 5 aromatic carbocycles. The number of para-hydroxylation sites is 3. The Balaban J connectivity index is 1.41. The van der Waals surface area contributed by atoms with E-state index in [0.717, 1.165) is 60.8 Å². The van der Waals surface area contributed by atoms with Gasteiger partial charge in [0.1, 0.15) is 11.2 Å². The minimum absolute atomic E-state index is 0.873. The highest BCUT2D eigenvalue weighted by Gasteiger charge is 2.23. The zero-order valence-corrected chi connectivity index (χ0v) is 25.0. The summed E-state index contributed by atoms with van der Waals surface area (Å²) < 4.78 is 7.08. The molecule has 6 nitrogen and oxygen atoms in total. The van der Waals surface area contributed by atoms with Gasteiger partial charge in [-0.1, -0.05) is 60.7 Å². The molecule has 47 heavy (non-hydrogen) atoms. The average molecular weight is 601 g/mol. The molecule has 0 aliphatic carbocycles. The number of pyridine rings is 3. The third-order valence-corrected chi connectivity index (χ3v) is 9.76. The summed E-state index contributed by atoms with van der Waals surface area (Å²) in [5, 5.41) is 8.19. The molecule has 6 heteroatoms. The van der Waals surface area contributed by atoms with E-state index in [9.17, 15) is 0 Å². The molecular formula is C41H24N6. The molecule has 0 atom stereocenters. The van der Waals surface area contributed by atoms with Crippen molar-refractivity contribution in [1.29, 1.82) is 0 Å². The summed E-state index contributed by atoms with van der Waals surface area (Å²) in [7, 11) is 0. The maximum Gasteiger partial charge on any atom is 0.146 e. The van der Waals surface area contributed by atoms with Crippen LogP contribution >= 0.6 is 0 Å². The standard InChI is InChI=1S/C41H24N6/c1-3-9-25(10-4-1)45-34-14-8-7-13-27(34)30-21-31-28-15-16-29-39(40(28)46(38(31)22-37(30)45)26-11-5-2-6-12-26)32-23-42-19-17-35(32)47-36-18-20-43-24-33(36)44-41(29)47/h1-24H. The lowest BCUT2D eigenvalue weighted by Gasteiger charge is -2.13. The first-order valence-corrected chi connectivity index (χ1v) is 15.8. The number of aromatic nitrogens is 6. The molecule has 0 bridgehead atoms. The van der Waals surface area contributed by atoms with E-state index in [-0.39, 0.29) is 0 Å². The van der Waals surface area contributed by atoms with Gasteiger partial charge in [-0.15, -0.1) is 0 Å². The van der Waals surface area contributed by atoms with Crippen LogP contribution in [0.3, 0.4) is 0 Å². The van der Waals surface area contributed by atoms with Gasteiger partial charge in [0, 0.05) is 67.7 Å². The molecule has 11 rings (SSSR count). The van der Waals surface area contributed by atoms with Gasteiger partial charge in [0.2, 0.25) is 0 Å². The van der Waals surface area contributed by atoms with E-state index in [1.54, 1.807) is 0 Å². The number of nitrogens with zero attached hydrogens (tertiary/aromatic N) is 6. The van der Waals surface area contributed by atoms with Gasteiger partial charge >= 0.3 is 0 Å². The highest BCUT2D eigenvalue weighted by Crippen LogP contribution is 2.44. The van der Waals surface area contributed by atoms with Gasteiger partial charge in [0.25, 0.3) is 0 Å². The van der Waals surface area contributed by atoms with Crippen LogP contribution in [-0.2, 0) is 0 Å². The van der Waals surface area contributed by atoms with Crippen molar-refractivity contribution in [2.24, 2.45) is 0 Å². The van der Waals surface area contributed by atoms with Crippen molar-refractivity contribution in [2.75, 3.05) is 0 Å². The second kappa shape index (κ2) is 9.02. The molecule has 0 fully saturated rings. The lowest BCUT2D eigenvalue weighted by molar-refractivity contribution is 1.17. The second-order valence-corrected chi connectivity index (χ2v) is 12.2. The molecule has 218 valence electrons. The van der Waals surface area contributed by atoms with Crippen LogP contribution < -0.4 is 0 Å². The Hall–Kier alpha value is -6.53. The zero-order valence-electron chi connectivity index (χ0n) is 25.0. The number of imidazole rings is 1. The molecule has 6 aromatic heterocycles. The summed E-state index contributed by atoms with van der Waals surface area (Å²) in [6.45, 7) is 0. The first-order valence-electron chi connectivity index (χ1n) is 15.8. The lowest BCUT2D eigenvalue weighted by Crippen LogP contribution is -1.97. The van der Waals surface area contributed by atoms with Crippen LogP contribution in [0.2, 0.25) is 0 Å². The summed E-state index contributed by atoms with van der Waals surface area (Å²) in [6, 6.07) is 43.5. The number of hydrogen-bond acceptors (Lipinski definition) is 3. The summed E-state index contributed by atoms with van der Waals surface area (Å²) in [6.07, 6.45) is 7.55. The van der Waals surface area contributed by atoms with E-state index in [0.29, 0.717) is 0 Å². The Morgan fingerprint density at radius 3 is 1.91 bits per heavy atom. The van der Waals surface area contributed by atoms with Gasteiger partial charge in [-0.25, -0.2) is 4.98 Å². The fourth-order valence-electron chi connectivity index (χ4n) is 7.86. The van der Waals surface area contributed by atoms with Crippen molar-refractivity contribution in [3.63, 3.8) is 0 Å². The van der Waals surface area contributed by atoms with Crippen LogP contribution in [0.4, 0.5) is 0 Å². The van der Waals surface area contributed by atoms with E-state index in [2.05, 4.69) is 139 Å². The van der Waals surface area contributed by atoms with Gasteiger partial charge < -0.3 is 9.13 Å². The molecule has 0 amide bonds. The summed E-state index contributed by atoms with van der Waals surface area (Å²) in [5.74, 6) is 0. The van der Waals surface area contributed by atoms with Crippen LogP contribution in [0.15, 0.2) is 146 Å². The van der Waals surface area contributed by atoms with Crippen LogP contribution in [0.25, 0.3) is 93.3 Å². The minimum Gasteiger partial charge on any atom is -0.309 e. The Morgan fingerprint density at radius 1 is 0.426 bits per heavy atom. The Labute approximate surface area is 267 Å². The molecule has 0 aliphatic rings. The summed E-state index contributed by atoms with van der Waals surface area (Å²) >= 11 is 0. The van der Waals surface area contributed by atoms with E-state index >= 15 is 0 Å². The second-order valence-electron chi connectivity index (χ2n) is 12.2. The largest absolute Gasteiger partial charge is 0.309 e. The van der Waals surface area contributed by atoms with Crippen molar-refractivity contribution in [3.05, 3.63) is 146 Å². The summed E-state index contributed by atoms with van der Waals surface area (Å²) in [4.78, 5) is 14.2. The van der Waals surface area contributed by atoms with Gasteiger partial charge in [-0.3, -0.25) is 14.4 Å². The molecule has 0 saturated heterocycles. The molecule has 0 aliphatic heterocycles. The van der Waals surface area contributed by atoms with Gasteiger partial charge in [-0.05, 0) is 60.7 Å². The van der Waals surface area contributed by atoms with Crippen molar-refractivity contribution in [2.45, 2.75) is 0 Å². The molecule has 11 aromatic rings. The molecule has 0 spiro atoms. The smallest absolute Gasteiger partial charge is 0.146 e. The monoisotopic (exact) mass is 600 g/mol.